The van der Waals surface area contributed by atoms with E-state index in [0.717, 1.165) is 15.2 Å². The summed E-state index contributed by atoms with van der Waals surface area (Å²) in [4.78, 5) is 12.2. The molecule has 0 atom stereocenters. The van der Waals surface area contributed by atoms with E-state index in [4.69, 9.17) is 23.2 Å². The first-order valence-electron chi connectivity index (χ1n) is 5.99. The molecule has 0 saturated carbocycles. The van der Waals surface area contributed by atoms with Crippen molar-refractivity contribution in [3.05, 3.63) is 61.2 Å². The lowest BCUT2D eigenvalue weighted by molar-refractivity contribution is 0.102. The average molecular weight is 401 g/mol. The van der Waals surface area contributed by atoms with Gasteiger partial charge in [0.05, 0.1) is 9.90 Å². The summed E-state index contributed by atoms with van der Waals surface area (Å²) in [6.07, 6.45) is 0. The molecule has 6 heteroatoms. The molecule has 1 heterocycles. The number of nitrogens with one attached hydrogen (secondary N) is 1. The van der Waals surface area contributed by atoms with Gasteiger partial charge in [0.1, 0.15) is 4.34 Å². The van der Waals surface area contributed by atoms with Crippen molar-refractivity contribution in [3.63, 3.8) is 0 Å². The number of anilines is 1. The number of fused-ring (bicyclic) bond motifs is 1. The Balaban J connectivity index is 1.91. The number of benzene rings is 2. The monoisotopic (exact) mass is 399 g/mol. The van der Waals surface area contributed by atoms with Crippen LogP contribution in [0.2, 0.25) is 8.67 Å². The van der Waals surface area contributed by atoms with Gasteiger partial charge in [-0.15, -0.1) is 11.3 Å². The van der Waals surface area contributed by atoms with E-state index in [2.05, 4.69) is 21.2 Å². The van der Waals surface area contributed by atoms with Crippen molar-refractivity contribution in [2.24, 2.45) is 0 Å². The van der Waals surface area contributed by atoms with Gasteiger partial charge in [-0.3, -0.25) is 4.79 Å². The van der Waals surface area contributed by atoms with Crippen LogP contribution in [-0.4, -0.2) is 5.91 Å². The Morgan fingerprint density at radius 2 is 1.95 bits per heavy atom. The van der Waals surface area contributed by atoms with E-state index >= 15 is 0 Å². The Labute approximate surface area is 143 Å². The summed E-state index contributed by atoms with van der Waals surface area (Å²) in [5.74, 6) is -0.266. The standard InChI is InChI=1S/C15H8BrCl2NOS/c16-12-3-1-2-8-6-9(4-5-10(8)12)19-15(20)11-7-13(17)21-14(11)18/h1-7H,(H,19,20). The van der Waals surface area contributed by atoms with E-state index in [1.807, 2.05) is 36.4 Å². The fraction of sp³-hybridized carbons (Fsp3) is 0. The number of hydrogen-bond acceptors (Lipinski definition) is 2. The van der Waals surface area contributed by atoms with Crippen LogP contribution >= 0.6 is 50.5 Å². The van der Waals surface area contributed by atoms with Crippen molar-refractivity contribution in [1.82, 2.24) is 0 Å². The molecule has 3 rings (SSSR count). The second kappa shape index (κ2) is 5.97. The Morgan fingerprint density at radius 1 is 1.14 bits per heavy atom. The first-order valence-corrected chi connectivity index (χ1v) is 8.35. The van der Waals surface area contributed by atoms with E-state index in [9.17, 15) is 4.79 Å². The van der Waals surface area contributed by atoms with E-state index in [1.165, 1.54) is 11.3 Å². The summed E-state index contributed by atoms with van der Waals surface area (Å²) in [7, 11) is 0. The van der Waals surface area contributed by atoms with Crippen molar-refractivity contribution >= 4 is 72.8 Å². The highest BCUT2D eigenvalue weighted by Crippen LogP contribution is 2.32. The third kappa shape index (κ3) is 3.09. The van der Waals surface area contributed by atoms with Crippen LogP contribution in [0, 0.1) is 0 Å². The van der Waals surface area contributed by atoms with E-state index < -0.39 is 0 Å². The molecular weight excluding hydrogens is 393 g/mol. The molecule has 3 aromatic rings. The highest BCUT2D eigenvalue weighted by molar-refractivity contribution is 9.10. The zero-order chi connectivity index (χ0) is 15.0. The molecule has 0 spiro atoms. The Morgan fingerprint density at radius 3 is 2.67 bits per heavy atom. The molecule has 0 fully saturated rings. The van der Waals surface area contributed by atoms with Crippen LogP contribution in [0.25, 0.3) is 10.8 Å². The number of thiophene rings is 1. The maximum absolute atomic E-state index is 12.2. The van der Waals surface area contributed by atoms with Crippen LogP contribution in [-0.2, 0) is 0 Å². The largest absolute Gasteiger partial charge is 0.322 e. The Hall–Kier alpha value is -1.07. The van der Waals surface area contributed by atoms with Crippen LogP contribution in [0.4, 0.5) is 5.69 Å². The second-order valence-corrected chi connectivity index (χ2v) is 7.51. The van der Waals surface area contributed by atoms with E-state index in [0.29, 0.717) is 19.9 Å². The molecule has 21 heavy (non-hydrogen) atoms. The van der Waals surface area contributed by atoms with E-state index in [1.54, 1.807) is 6.07 Å². The average Bonchev–Trinajstić information content (AvgIpc) is 2.78. The number of carbonyl (C=O) groups is 1. The molecule has 1 amide bonds. The van der Waals surface area contributed by atoms with Gasteiger partial charge in [-0.1, -0.05) is 57.3 Å². The van der Waals surface area contributed by atoms with Crippen molar-refractivity contribution < 1.29 is 4.79 Å². The summed E-state index contributed by atoms with van der Waals surface area (Å²) < 4.78 is 1.90. The van der Waals surface area contributed by atoms with Gasteiger partial charge >= 0.3 is 0 Å². The van der Waals surface area contributed by atoms with Crippen molar-refractivity contribution in [1.29, 1.82) is 0 Å². The van der Waals surface area contributed by atoms with Crippen molar-refractivity contribution in [2.45, 2.75) is 0 Å². The predicted molar refractivity (Wildman–Crippen MR) is 93.9 cm³/mol. The summed E-state index contributed by atoms with van der Waals surface area (Å²) in [6, 6.07) is 13.2. The van der Waals surface area contributed by atoms with Crippen LogP contribution in [0.5, 0.6) is 0 Å². The highest BCUT2D eigenvalue weighted by atomic mass is 79.9. The second-order valence-electron chi connectivity index (χ2n) is 4.37. The summed E-state index contributed by atoms with van der Waals surface area (Å²) in [5.41, 5.74) is 1.10. The summed E-state index contributed by atoms with van der Waals surface area (Å²) >= 11 is 16.5. The van der Waals surface area contributed by atoms with Gasteiger partial charge in [-0.25, -0.2) is 0 Å². The maximum atomic E-state index is 12.2. The normalized spacial score (nSPS) is 10.8. The van der Waals surface area contributed by atoms with Crippen molar-refractivity contribution in [2.75, 3.05) is 5.32 Å². The molecule has 0 aliphatic heterocycles. The smallest absolute Gasteiger partial charge is 0.258 e. The molecule has 0 radical (unpaired) electrons. The topological polar surface area (TPSA) is 29.1 Å². The predicted octanol–water partition coefficient (Wildman–Crippen LogP) is 6.22. The molecule has 2 nitrogen and oxygen atoms in total. The molecule has 0 aliphatic carbocycles. The van der Waals surface area contributed by atoms with Gasteiger partial charge in [0, 0.05) is 10.2 Å². The molecule has 0 unspecified atom stereocenters. The molecule has 2 aromatic carbocycles. The fourth-order valence-electron chi connectivity index (χ4n) is 2.02. The number of hydrogen-bond donors (Lipinski definition) is 1. The van der Waals surface area contributed by atoms with Crippen LogP contribution in [0.3, 0.4) is 0 Å². The third-order valence-corrected chi connectivity index (χ3v) is 5.17. The minimum atomic E-state index is -0.266. The van der Waals surface area contributed by atoms with Crippen molar-refractivity contribution in [3.8, 4) is 0 Å². The zero-order valence-electron chi connectivity index (χ0n) is 10.5. The minimum absolute atomic E-state index is 0.266. The third-order valence-electron chi connectivity index (χ3n) is 2.99. The lowest BCUT2D eigenvalue weighted by Crippen LogP contribution is -2.11. The number of rotatable bonds is 2. The van der Waals surface area contributed by atoms with Gasteiger partial charge in [0.25, 0.3) is 5.91 Å². The molecule has 0 aliphatic rings. The summed E-state index contributed by atoms with van der Waals surface area (Å²) in [5, 5.41) is 4.96. The van der Waals surface area contributed by atoms with Crippen LogP contribution in [0.15, 0.2) is 46.9 Å². The fourth-order valence-corrected chi connectivity index (χ4v) is 3.99. The maximum Gasteiger partial charge on any atom is 0.258 e. The van der Waals surface area contributed by atoms with Gasteiger partial charge in [-0.05, 0) is 35.0 Å². The molecule has 1 N–H and O–H groups in total. The first-order chi connectivity index (χ1) is 10.0. The summed E-state index contributed by atoms with van der Waals surface area (Å²) in [6.45, 7) is 0. The lowest BCUT2D eigenvalue weighted by atomic mass is 10.1. The van der Waals surface area contributed by atoms with Gasteiger partial charge in [0.2, 0.25) is 0 Å². The van der Waals surface area contributed by atoms with Crippen LogP contribution in [0.1, 0.15) is 10.4 Å². The molecule has 0 bridgehead atoms. The minimum Gasteiger partial charge on any atom is -0.322 e. The van der Waals surface area contributed by atoms with Gasteiger partial charge < -0.3 is 5.32 Å². The molecular formula is C15H8BrCl2NOS. The SMILES string of the molecule is O=C(Nc1ccc2c(Br)cccc2c1)c1cc(Cl)sc1Cl. The molecule has 106 valence electrons. The Bertz CT molecular complexity index is 847. The number of carbonyl (C=O) groups excluding carboxylic acids is 1. The van der Waals surface area contributed by atoms with Gasteiger partial charge in [-0.2, -0.15) is 0 Å². The van der Waals surface area contributed by atoms with E-state index in [-0.39, 0.29) is 5.91 Å². The highest BCUT2D eigenvalue weighted by Gasteiger charge is 2.14. The quantitative estimate of drug-likeness (QED) is 0.543. The molecule has 1 aromatic heterocycles. The Kier molecular flexibility index (Phi) is 4.22. The zero-order valence-corrected chi connectivity index (χ0v) is 14.4. The van der Waals surface area contributed by atoms with Crippen LogP contribution < -0.4 is 5.32 Å². The molecule has 0 saturated heterocycles. The number of amides is 1. The first kappa shape index (κ1) is 14.9. The number of halogens is 3. The lowest BCUT2D eigenvalue weighted by Gasteiger charge is -2.07. The van der Waals surface area contributed by atoms with Gasteiger partial charge in [0.15, 0.2) is 0 Å².